The van der Waals surface area contributed by atoms with E-state index in [4.69, 9.17) is 15.7 Å². The predicted octanol–water partition coefficient (Wildman–Crippen LogP) is 2.50. The Labute approximate surface area is 211 Å². The zero-order valence-electron chi connectivity index (χ0n) is 21.3. The Kier molecular flexibility index (Phi) is 7.28. The van der Waals surface area contributed by atoms with Gasteiger partial charge in [0.25, 0.3) is 0 Å². The number of ether oxygens (including phenoxy) is 1. The number of rotatable bonds is 4. The number of amides is 1. The van der Waals surface area contributed by atoms with E-state index in [1.807, 2.05) is 55.6 Å². The number of carbonyl (C=O) groups excluding carboxylic acids is 1. The summed E-state index contributed by atoms with van der Waals surface area (Å²) in [7, 11) is 0. The zero-order chi connectivity index (χ0) is 26.0. The number of nitriles is 1. The van der Waals surface area contributed by atoms with Crippen LogP contribution in [0, 0.1) is 17.2 Å². The van der Waals surface area contributed by atoms with Crippen LogP contribution >= 0.6 is 0 Å². The van der Waals surface area contributed by atoms with Gasteiger partial charge in [-0.15, -0.1) is 0 Å². The summed E-state index contributed by atoms with van der Waals surface area (Å²) in [6.07, 6.45) is 7.57. The van der Waals surface area contributed by atoms with Gasteiger partial charge in [0.2, 0.25) is 5.96 Å². The second kappa shape index (κ2) is 10.2. The van der Waals surface area contributed by atoms with Crippen LogP contribution in [-0.2, 0) is 4.74 Å². The maximum atomic E-state index is 12.3. The Bertz CT molecular complexity index is 1150. The Hall–Kier alpha value is -3.49. The molecule has 2 saturated heterocycles. The molecule has 3 heterocycles. The van der Waals surface area contributed by atoms with Crippen LogP contribution in [0.3, 0.4) is 0 Å². The summed E-state index contributed by atoms with van der Waals surface area (Å²) in [6, 6.07) is 2.36. The highest BCUT2D eigenvalue weighted by molar-refractivity contribution is 6.19. The first-order valence-corrected chi connectivity index (χ1v) is 12.2. The van der Waals surface area contributed by atoms with Gasteiger partial charge in [0.15, 0.2) is 0 Å². The molecule has 0 bridgehead atoms. The number of hydrogen-bond donors (Lipinski definition) is 2. The molecule has 1 atom stereocenters. The minimum Gasteiger partial charge on any atom is -0.444 e. The smallest absolute Gasteiger partial charge is 0.410 e. The number of carbonyl (C=O) groups is 1. The molecule has 11 heteroatoms. The van der Waals surface area contributed by atoms with Crippen molar-refractivity contribution in [2.24, 2.45) is 21.6 Å². The molecule has 0 unspecified atom stereocenters. The van der Waals surface area contributed by atoms with E-state index in [2.05, 4.69) is 21.2 Å². The van der Waals surface area contributed by atoms with E-state index in [0.717, 1.165) is 18.4 Å². The van der Waals surface area contributed by atoms with Crippen LogP contribution < -0.4 is 5.73 Å². The zero-order valence-corrected chi connectivity index (χ0v) is 21.3. The fourth-order valence-electron chi connectivity index (χ4n) is 4.45. The van der Waals surface area contributed by atoms with Crippen molar-refractivity contribution >= 4 is 23.5 Å². The molecule has 0 saturated carbocycles. The standard InChI is InChI=1S/C25H34N8O3/c1-16-5-6-20(22(34)32-13-17(11-26)14-32)21(16)30-23(27)29-18-12-28-33(15-18)19-7-9-31(10-8-19)24(35)36-25(2,3)4/h5-6,12,15,17,19,22,34H,7-10,13-14H2,1-4H3,(H2,27,29)/t22-/m0/s1. The van der Waals surface area contributed by atoms with E-state index in [0.29, 0.717) is 43.2 Å². The molecule has 0 radical (unpaired) electrons. The number of piperidine rings is 1. The molecule has 0 aromatic carbocycles. The van der Waals surface area contributed by atoms with Gasteiger partial charge in [-0.25, -0.2) is 14.8 Å². The number of guanidine groups is 1. The van der Waals surface area contributed by atoms with E-state index >= 15 is 0 Å². The number of allylic oxidation sites excluding steroid dienone is 3. The topological polar surface area (TPSA) is 145 Å². The number of aliphatic imine (C=N–C) groups is 2. The van der Waals surface area contributed by atoms with Gasteiger partial charge in [-0.3, -0.25) is 9.58 Å². The lowest BCUT2D eigenvalue weighted by Crippen LogP contribution is -2.52. The van der Waals surface area contributed by atoms with E-state index < -0.39 is 11.8 Å². The molecule has 11 nitrogen and oxygen atoms in total. The van der Waals surface area contributed by atoms with Crippen LogP contribution in [0.25, 0.3) is 0 Å². The molecule has 1 amide bonds. The number of nitrogens with two attached hydrogens (primary N) is 1. The largest absolute Gasteiger partial charge is 0.444 e. The number of hydrogen-bond acceptors (Lipinski definition) is 7. The van der Waals surface area contributed by atoms with Crippen LogP contribution in [0.2, 0.25) is 0 Å². The fraction of sp³-hybridized carbons (Fsp3) is 0.560. The maximum absolute atomic E-state index is 12.3. The Morgan fingerprint density at radius 3 is 2.64 bits per heavy atom. The summed E-state index contributed by atoms with van der Waals surface area (Å²) in [5.74, 6) is 0.0133. The molecule has 3 aliphatic rings. The fourth-order valence-corrected chi connectivity index (χ4v) is 4.45. The second-order valence-corrected chi connectivity index (χ2v) is 10.4. The van der Waals surface area contributed by atoms with Gasteiger partial charge >= 0.3 is 6.09 Å². The third-order valence-corrected chi connectivity index (χ3v) is 6.42. The van der Waals surface area contributed by atoms with Gasteiger partial charge in [0.05, 0.1) is 36.1 Å². The Balaban J connectivity index is 1.37. The normalized spacial score (nSPS) is 22.2. The van der Waals surface area contributed by atoms with Crippen LogP contribution in [0.1, 0.15) is 46.6 Å². The van der Waals surface area contributed by atoms with Crippen molar-refractivity contribution < 1.29 is 14.6 Å². The highest BCUT2D eigenvalue weighted by Crippen LogP contribution is 2.27. The molecule has 36 heavy (non-hydrogen) atoms. The molecule has 2 aliphatic heterocycles. The van der Waals surface area contributed by atoms with Crippen LogP contribution in [0.4, 0.5) is 10.5 Å². The molecule has 2 fully saturated rings. The lowest BCUT2D eigenvalue weighted by Gasteiger charge is -2.39. The van der Waals surface area contributed by atoms with Gasteiger partial charge in [-0.1, -0.05) is 12.2 Å². The Morgan fingerprint density at radius 1 is 1.31 bits per heavy atom. The second-order valence-electron chi connectivity index (χ2n) is 10.4. The SMILES string of the molecule is CC1=CC=C([C@H](O)N2CC(C#N)C2)C1=NC(N)=Nc1cnn(C2CCN(C(=O)OC(C)(C)C)CC2)c1. The van der Waals surface area contributed by atoms with Gasteiger partial charge in [-0.05, 0) is 46.1 Å². The molecule has 1 aromatic rings. The molecule has 3 N–H and O–H groups in total. The van der Waals surface area contributed by atoms with E-state index in [9.17, 15) is 9.90 Å². The third kappa shape index (κ3) is 5.83. The average molecular weight is 495 g/mol. The predicted molar refractivity (Wildman–Crippen MR) is 136 cm³/mol. The van der Waals surface area contributed by atoms with Crippen molar-refractivity contribution in [2.75, 3.05) is 26.2 Å². The van der Waals surface area contributed by atoms with Crippen LogP contribution in [0.15, 0.2) is 45.7 Å². The van der Waals surface area contributed by atoms with E-state index in [1.165, 1.54) is 0 Å². The van der Waals surface area contributed by atoms with E-state index in [1.54, 1.807) is 11.1 Å². The number of aromatic nitrogens is 2. The van der Waals surface area contributed by atoms with Crippen molar-refractivity contribution in [3.05, 3.63) is 35.7 Å². The van der Waals surface area contributed by atoms with Gasteiger partial charge in [-0.2, -0.15) is 10.4 Å². The van der Waals surface area contributed by atoms with Gasteiger partial charge in [0, 0.05) is 31.8 Å². The summed E-state index contributed by atoms with van der Waals surface area (Å²) < 4.78 is 7.32. The van der Waals surface area contributed by atoms with Crippen molar-refractivity contribution in [2.45, 2.75) is 58.4 Å². The summed E-state index contributed by atoms with van der Waals surface area (Å²) in [5.41, 5.74) is 8.33. The van der Waals surface area contributed by atoms with Crippen molar-refractivity contribution in [3.8, 4) is 6.07 Å². The first kappa shape index (κ1) is 25.6. The highest BCUT2D eigenvalue weighted by atomic mass is 16.6. The first-order valence-electron chi connectivity index (χ1n) is 12.2. The highest BCUT2D eigenvalue weighted by Gasteiger charge is 2.35. The number of likely N-dealkylation sites (tertiary alicyclic amines) is 2. The van der Waals surface area contributed by atoms with Gasteiger partial charge in [0.1, 0.15) is 17.5 Å². The molecule has 4 rings (SSSR count). The lowest BCUT2D eigenvalue weighted by molar-refractivity contribution is -0.0242. The van der Waals surface area contributed by atoms with Gasteiger partial charge < -0.3 is 20.5 Å². The maximum Gasteiger partial charge on any atom is 0.410 e. The monoisotopic (exact) mass is 494 g/mol. The Morgan fingerprint density at radius 2 is 2.00 bits per heavy atom. The first-order chi connectivity index (χ1) is 17.0. The minimum absolute atomic E-state index is 0.0520. The lowest BCUT2D eigenvalue weighted by atomic mass is 9.98. The minimum atomic E-state index is -0.843. The number of nitrogens with zero attached hydrogens (tertiary/aromatic N) is 7. The third-order valence-electron chi connectivity index (χ3n) is 6.42. The molecular formula is C25H34N8O3. The quantitative estimate of drug-likeness (QED) is 0.483. The number of aliphatic hydroxyl groups excluding tert-OH is 1. The summed E-state index contributed by atoms with van der Waals surface area (Å²) in [4.78, 5) is 24.7. The van der Waals surface area contributed by atoms with Crippen molar-refractivity contribution in [1.82, 2.24) is 19.6 Å². The van der Waals surface area contributed by atoms with Crippen LogP contribution in [-0.4, -0.2) is 80.5 Å². The summed E-state index contributed by atoms with van der Waals surface area (Å²) >= 11 is 0. The molecule has 1 aliphatic carbocycles. The molecule has 1 aromatic heterocycles. The molecule has 192 valence electrons. The summed E-state index contributed by atoms with van der Waals surface area (Å²) in [6.45, 7) is 9.74. The average Bonchev–Trinajstić information content (AvgIpc) is 3.39. The molecular weight excluding hydrogens is 460 g/mol. The van der Waals surface area contributed by atoms with Crippen molar-refractivity contribution in [3.63, 3.8) is 0 Å². The van der Waals surface area contributed by atoms with Crippen molar-refractivity contribution in [1.29, 1.82) is 5.26 Å². The van der Waals surface area contributed by atoms with Crippen LogP contribution in [0.5, 0.6) is 0 Å². The number of aliphatic hydroxyl groups is 1. The molecule has 0 spiro atoms. The summed E-state index contributed by atoms with van der Waals surface area (Å²) in [5, 5.41) is 24.2. The van der Waals surface area contributed by atoms with E-state index in [-0.39, 0.29) is 24.0 Å².